The third-order valence-corrected chi connectivity index (χ3v) is 2.62. The zero-order chi connectivity index (χ0) is 12.8. The average molecular weight is 238 g/mol. The third kappa shape index (κ3) is 4.61. The Hall–Kier alpha value is -1.29. The van der Waals surface area contributed by atoms with E-state index in [1.165, 1.54) is 7.11 Å². The van der Waals surface area contributed by atoms with Crippen LogP contribution in [0.25, 0.3) is 0 Å². The number of hydrogen-bond donors (Lipinski definition) is 2. The molecule has 2 N–H and O–H groups in total. The highest BCUT2D eigenvalue weighted by Crippen LogP contribution is 2.06. The van der Waals surface area contributed by atoms with E-state index in [1.54, 1.807) is 6.07 Å². The summed E-state index contributed by atoms with van der Waals surface area (Å²) in [5.74, 6) is 0.359. The van der Waals surface area contributed by atoms with Crippen LogP contribution in [0, 0.1) is 5.92 Å². The van der Waals surface area contributed by atoms with Crippen LogP contribution in [0.15, 0.2) is 12.1 Å². The molecule has 0 fully saturated rings. The van der Waals surface area contributed by atoms with E-state index in [9.17, 15) is 4.79 Å². The van der Waals surface area contributed by atoms with E-state index in [4.69, 9.17) is 0 Å². The van der Waals surface area contributed by atoms with Gasteiger partial charge in [-0.05, 0) is 31.4 Å². The van der Waals surface area contributed by atoms with E-state index in [2.05, 4.69) is 35.8 Å². The van der Waals surface area contributed by atoms with Crippen LogP contribution in [0.2, 0.25) is 0 Å². The Balaban J connectivity index is 2.42. The first-order chi connectivity index (χ1) is 8.02. The predicted octanol–water partition coefficient (Wildman–Crippen LogP) is 2.33. The highest BCUT2D eigenvalue weighted by molar-refractivity contribution is 5.87. The number of carbonyl (C=O) groups excluding carboxylic acids is 1. The van der Waals surface area contributed by atoms with Gasteiger partial charge in [0.05, 0.1) is 7.11 Å². The summed E-state index contributed by atoms with van der Waals surface area (Å²) in [6.45, 7) is 7.33. The van der Waals surface area contributed by atoms with Gasteiger partial charge in [0.25, 0.3) is 0 Å². The molecule has 0 saturated heterocycles. The molecule has 0 radical (unpaired) electrons. The van der Waals surface area contributed by atoms with Crippen LogP contribution >= 0.6 is 0 Å². The van der Waals surface area contributed by atoms with E-state index in [1.807, 2.05) is 6.07 Å². The fraction of sp³-hybridized carbons (Fsp3) is 0.615. The van der Waals surface area contributed by atoms with Gasteiger partial charge in [0.1, 0.15) is 5.69 Å². The predicted molar refractivity (Wildman–Crippen MR) is 67.9 cm³/mol. The van der Waals surface area contributed by atoms with Gasteiger partial charge < -0.3 is 15.0 Å². The number of rotatable bonds is 6. The number of aromatic nitrogens is 1. The molecule has 0 aliphatic rings. The van der Waals surface area contributed by atoms with Crippen LogP contribution in [-0.4, -0.2) is 24.1 Å². The number of aromatic amines is 1. The van der Waals surface area contributed by atoms with Gasteiger partial charge in [-0.2, -0.15) is 0 Å². The molecule has 1 unspecified atom stereocenters. The molecule has 1 rings (SSSR count). The average Bonchev–Trinajstić information content (AvgIpc) is 2.73. The second-order valence-electron chi connectivity index (χ2n) is 4.80. The first-order valence-electron chi connectivity index (χ1n) is 6.02. The number of H-pyrrole nitrogens is 1. The van der Waals surface area contributed by atoms with Crippen molar-refractivity contribution >= 4 is 5.97 Å². The molecule has 17 heavy (non-hydrogen) atoms. The minimum Gasteiger partial charge on any atom is -0.464 e. The number of hydrogen-bond acceptors (Lipinski definition) is 3. The fourth-order valence-corrected chi connectivity index (χ4v) is 1.85. The van der Waals surface area contributed by atoms with Crippen LogP contribution in [0.1, 0.15) is 43.4 Å². The van der Waals surface area contributed by atoms with Crippen LogP contribution in [0.5, 0.6) is 0 Å². The van der Waals surface area contributed by atoms with Gasteiger partial charge >= 0.3 is 5.97 Å². The summed E-state index contributed by atoms with van der Waals surface area (Å²) in [5.41, 5.74) is 1.50. The van der Waals surface area contributed by atoms with Crippen molar-refractivity contribution in [3.63, 3.8) is 0 Å². The topological polar surface area (TPSA) is 54.1 Å². The lowest BCUT2D eigenvalue weighted by molar-refractivity contribution is 0.0594. The van der Waals surface area contributed by atoms with Crippen molar-refractivity contribution in [3.8, 4) is 0 Å². The number of nitrogens with one attached hydrogen (secondary N) is 2. The molecule has 0 saturated carbocycles. The van der Waals surface area contributed by atoms with Crippen molar-refractivity contribution in [3.05, 3.63) is 23.5 Å². The largest absolute Gasteiger partial charge is 0.464 e. The molecule has 1 atom stereocenters. The zero-order valence-corrected chi connectivity index (χ0v) is 11.0. The molecule has 0 spiro atoms. The summed E-state index contributed by atoms with van der Waals surface area (Å²) < 4.78 is 4.64. The quantitative estimate of drug-likeness (QED) is 0.748. The van der Waals surface area contributed by atoms with Crippen LogP contribution < -0.4 is 5.32 Å². The Morgan fingerprint density at radius 3 is 2.71 bits per heavy atom. The Labute approximate surface area is 103 Å². The summed E-state index contributed by atoms with van der Waals surface area (Å²) in [5, 5.41) is 3.42. The minimum absolute atomic E-state index is 0.327. The lowest BCUT2D eigenvalue weighted by Gasteiger charge is -2.15. The van der Waals surface area contributed by atoms with E-state index in [-0.39, 0.29) is 5.97 Å². The van der Waals surface area contributed by atoms with Gasteiger partial charge in [0.15, 0.2) is 0 Å². The second kappa shape index (κ2) is 6.45. The zero-order valence-electron chi connectivity index (χ0n) is 11.0. The maximum Gasteiger partial charge on any atom is 0.354 e. The van der Waals surface area contributed by atoms with Crippen molar-refractivity contribution in [1.29, 1.82) is 0 Å². The van der Waals surface area contributed by atoms with Crippen molar-refractivity contribution in [2.24, 2.45) is 5.92 Å². The maximum absolute atomic E-state index is 11.2. The monoisotopic (exact) mass is 238 g/mol. The summed E-state index contributed by atoms with van der Waals surface area (Å²) in [6.07, 6.45) is 1.14. The molecule has 1 aromatic rings. The number of methoxy groups -OCH3 is 1. The van der Waals surface area contributed by atoms with Gasteiger partial charge in [-0.1, -0.05) is 13.8 Å². The Morgan fingerprint density at radius 2 is 2.12 bits per heavy atom. The Bertz CT molecular complexity index is 358. The third-order valence-electron chi connectivity index (χ3n) is 2.62. The van der Waals surface area contributed by atoms with Gasteiger partial charge in [0, 0.05) is 18.3 Å². The van der Waals surface area contributed by atoms with Crippen molar-refractivity contribution in [2.45, 2.75) is 39.8 Å². The number of carbonyl (C=O) groups is 1. The maximum atomic E-state index is 11.2. The molecule has 4 nitrogen and oxygen atoms in total. The van der Waals surface area contributed by atoms with E-state index in [0.29, 0.717) is 17.7 Å². The first kappa shape index (κ1) is 13.8. The van der Waals surface area contributed by atoms with Gasteiger partial charge in [0.2, 0.25) is 0 Å². The van der Waals surface area contributed by atoms with Crippen molar-refractivity contribution < 1.29 is 9.53 Å². The first-order valence-corrected chi connectivity index (χ1v) is 6.02. The van der Waals surface area contributed by atoms with E-state index >= 15 is 0 Å². The fourth-order valence-electron chi connectivity index (χ4n) is 1.85. The molecule has 96 valence electrons. The van der Waals surface area contributed by atoms with Crippen LogP contribution in [-0.2, 0) is 11.3 Å². The van der Waals surface area contributed by atoms with Gasteiger partial charge in [-0.15, -0.1) is 0 Å². The lowest BCUT2D eigenvalue weighted by Crippen LogP contribution is -2.27. The molecule has 0 amide bonds. The molecule has 1 heterocycles. The number of esters is 1. The molecular formula is C13H22N2O2. The lowest BCUT2D eigenvalue weighted by atomic mass is 10.1. The smallest absolute Gasteiger partial charge is 0.354 e. The van der Waals surface area contributed by atoms with E-state index < -0.39 is 0 Å². The Morgan fingerprint density at radius 1 is 1.41 bits per heavy atom. The summed E-state index contributed by atoms with van der Waals surface area (Å²) in [4.78, 5) is 14.3. The highest BCUT2D eigenvalue weighted by Gasteiger charge is 2.09. The van der Waals surface area contributed by atoms with Crippen molar-refractivity contribution in [1.82, 2.24) is 10.3 Å². The molecule has 4 heteroatoms. The van der Waals surface area contributed by atoms with Crippen molar-refractivity contribution in [2.75, 3.05) is 7.11 Å². The Kier molecular flexibility index (Phi) is 5.22. The molecule has 1 aromatic heterocycles. The van der Waals surface area contributed by atoms with Gasteiger partial charge in [-0.3, -0.25) is 0 Å². The van der Waals surface area contributed by atoms with Crippen LogP contribution in [0.4, 0.5) is 0 Å². The molecular weight excluding hydrogens is 216 g/mol. The SMILES string of the molecule is COC(=O)c1ccc(CNC(C)CC(C)C)[nH]1. The summed E-state index contributed by atoms with van der Waals surface area (Å²) >= 11 is 0. The molecule has 0 aromatic carbocycles. The van der Waals surface area contributed by atoms with E-state index in [0.717, 1.165) is 18.7 Å². The van der Waals surface area contributed by atoms with Gasteiger partial charge in [-0.25, -0.2) is 4.79 Å². The standard InChI is InChI=1S/C13H22N2O2/c1-9(2)7-10(3)14-8-11-5-6-12(15-11)13(16)17-4/h5-6,9-10,14-15H,7-8H2,1-4H3. The minimum atomic E-state index is -0.327. The summed E-state index contributed by atoms with van der Waals surface area (Å²) in [7, 11) is 1.38. The van der Waals surface area contributed by atoms with Crippen LogP contribution in [0.3, 0.4) is 0 Å². The highest BCUT2D eigenvalue weighted by atomic mass is 16.5. The molecule has 0 aliphatic carbocycles. The second-order valence-corrected chi connectivity index (χ2v) is 4.80. The molecule has 0 aliphatic heterocycles. The number of ether oxygens (including phenoxy) is 1. The summed E-state index contributed by atoms with van der Waals surface area (Å²) in [6, 6.07) is 4.12. The normalized spacial score (nSPS) is 12.8. The molecule has 0 bridgehead atoms.